The first-order chi connectivity index (χ1) is 12.2. The maximum Gasteiger partial charge on any atom is 0.353 e. The summed E-state index contributed by atoms with van der Waals surface area (Å²) in [5.74, 6) is 0.227. The van der Waals surface area contributed by atoms with Gasteiger partial charge in [-0.3, -0.25) is 10.1 Å². The number of aromatic nitrogens is 2. The lowest BCUT2D eigenvalue weighted by atomic mass is 10.2. The molecule has 1 unspecified atom stereocenters. The van der Waals surface area contributed by atoms with Crippen molar-refractivity contribution >= 4 is 17.3 Å². The third-order valence-electron chi connectivity index (χ3n) is 3.79. The fourth-order valence-electron chi connectivity index (χ4n) is 2.61. The Morgan fingerprint density at radius 3 is 2.64 bits per heavy atom. The molecule has 0 spiro atoms. The van der Waals surface area contributed by atoms with Gasteiger partial charge in [-0.15, -0.1) is 0 Å². The number of anilines is 2. The van der Waals surface area contributed by atoms with Crippen molar-refractivity contribution in [2.75, 3.05) is 36.5 Å². The van der Waals surface area contributed by atoms with Gasteiger partial charge >= 0.3 is 5.69 Å². The Hall–Kier alpha value is -2.98. The van der Waals surface area contributed by atoms with E-state index < -0.39 is 4.92 Å². The summed E-state index contributed by atoms with van der Waals surface area (Å²) in [6, 6.07) is 4.00. The van der Waals surface area contributed by atoms with E-state index in [0.29, 0.717) is 13.2 Å². The minimum atomic E-state index is -0.543. The summed E-state index contributed by atoms with van der Waals surface area (Å²) in [5, 5.41) is 32.1. The molecule has 132 valence electrons. The van der Waals surface area contributed by atoms with Crippen molar-refractivity contribution in [2.24, 2.45) is 0 Å². The van der Waals surface area contributed by atoms with Crippen molar-refractivity contribution in [2.45, 2.75) is 31.8 Å². The molecule has 1 aliphatic heterocycles. The predicted molar refractivity (Wildman–Crippen MR) is 88.8 cm³/mol. The zero-order valence-electron chi connectivity index (χ0n) is 13.7. The highest BCUT2D eigenvalue weighted by Gasteiger charge is 2.27. The Morgan fingerprint density at radius 2 is 2.08 bits per heavy atom. The fraction of sp³-hybridized carbons (Fsp3) is 0.600. The van der Waals surface area contributed by atoms with Crippen LogP contribution in [-0.2, 0) is 4.74 Å². The molecule has 1 aromatic rings. The lowest BCUT2D eigenvalue weighted by Crippen LogP contribution is -2.28. The van der Waals surface area contributed by atoms with Crippen LogP contribution >= 0.6 is 0 Å². The van der Waals surface area contributed by atoms with Gasteiger partial charge in [0.1, 0.15) is 6.33 Å². The summed E-state index contributed by atoms with van der Waals surface area (Å²) in [4.78, 5) is 20.6. The van der Waals surface area contributed by atoms with Gasteiger partial charge in [0.15, 0.2) is 0 Å². The number of hydrogen-bond acceptors (Lipinski definition) is 9. The average Bonchev–Trinajstić information content (AvgIpc) is 3.13. The Bertz CT molecular complexity index is 659. The second kappa shape index (κ2) is 9.35. The molecule has 0 saturated carbocycles. The van der Waals surface area contributed by atoms with E-state index >= 15 is 0 Å². The van der Waals surface area contributed by atoms with Crippen molar-refractivity contribution in [3.8, 4) is 12.1 Å². The highest BCUT2D eigenvalue weighted by atomic mass is 16.6. The number of nitrogens with one attached hydrogen (secondary N) is 1. The van der Waals surface area contributed by atoms with E-state index in [2.05, 4.69) is 15.3 Å². The van der Waals surface area contributed by atoms with Crippen LogP contribution in [0.3, 0.4) is 0 Å². The highest BCUT2D eigenvalue weighted by Crippen LogP contribution is 2.32. The van der Waals surface area contributed by atoms with Crippen LogP contribution in [-0.4, -0.2) is 47.2 Å². The van der Waals surface area contributed by atoms with Crippen molar-refractivity contribution in [3.63, 3.8) is 0 Å². The monoisotopic (exact) mass is 345 g/mol. The van der Waals surface area contributed by atoms with Gasteiger partial charge in [-0.1, -0.05) is 0 Å². The molecular weight excluding hydrogens is 326 g/mol. The lowest BCUT2D eigenvalue weighted by molar-refractivity contribution is -0.383. The molecule has 0 radical (unpaired) electrons. The van der Waals surface area contributed by atoms with Gasteiger partial charge in [-0.05, 0) is 12.8 Å². The molecule has 2 heterocycles. The van der Waals surface area contributed by atoms with Crippen LogP contribution in [0.25, 0.3) is 0 Å². The maximum absolute atomic E-state index is 11.6. The zero-order valence-corrected chi connectivity index (χ0v) is 13.7. The summed E-state index contributed by atoms with van der Waals surface area (Å²) >= 11 is 0. The van der Waals surface area contributed by atoms with E-state index in [9.17, 15) is 10.1 Å². The topological polar surface area (TPSA) is 141 Å². The molecule has 0 bridgehead atoms. The van der Waals surface area contributed by atoms with E-state index in [-0.39, 0.29) is 49.4 Å². The smallest absolute Gasteiger partial charge is 0.353 e. The molecule has 1 atom stereocenters. The number of ether oxygens (including phenoxy) is 1. The second-order valence-corrected chi connectivity index (χ2v) is 5.47. The molecule has 0 amide bonds. The fourth-order valence-corrected chi connectivity index (χ4v) is 2.61. The Kier molecular flexibility index (Phi) is 6.87. The lowest BCUT2D eigenvalue weighted by Gasteiger charge is -2.21. The largest absolute Gasteiger partial charge is 0.376 e. The van der Waals surface area contributed by atoms with Gasteiger partial charge in [0, 0.05) is 26.2 Å². The summed E-state index contributed by atoms with van der Waals surface area (Å²) in [6.45, 7) is 1.62. The predicted octanol–water partition coefficient (Wildman–Crippen LogP) is 1.61. The van der Waals surface area contributed by atoms with E-state index in [1.807, 2.05) is 12.1 Å². The van der Waals surface area contributed by atoms with Crippen molar-refractivity contribution in [1.82, 2.24) is 9.97 Å². The van der Waals surface area contributed by atoms with Gasteiger partial charge in [0.05, 0.1) is 36.0 Å². The van der Waals surface area contributed by atoms with E-state index in [4.69, 9.17) is 15.3 Å². The first kappa shape index (κ1) is 18.4. The molecule has 2 rings (SSSR count). The van der Waals surface area contributed by atoms with Gasteiger partial charge in [-0.2, -0.15) is 10.5 Å². The molecule has 1 aromatic heterocycles. The Morgan fingerprint density at radius 1 is 1.36 bits per heavy atom. The molecule has 1 saturated heterocycles. The molecule has 25 heavy (non-hydrogen) atoms. The number of nitro groups is 1. The van der Waals surface area contributed by atoms with Crippen LogP contribution in [0, 0.1) is 32.8 Å². The Labute approximate surface area is 145 Å². The first-order valence-corrected chi connectivity index (χ1v) is 8.01. The van der Waals surface area contributed by atoms with E-state index in [1.54, 1.807) is 4.90 Å². The number of hydrogen-bond donors (Lipinski definition) is 1. The van der Waals surface area contributed by atoms with Crippen LogP contribution < -0.4 is 10.2 Å². The van der Waals surface area contributed by atoms with E-state index in [1.165, 1.54) is 6.33 Å². The summed E-state index contributed by atoms with van der Waals surface area (Å²) < 4.78 is 5.50. The SMILES string of the molecule is N#CCCN(CCC#N)c1ncnc(NCC2CCCO2)c1[N+](=O)[O-]. The number of nitriles is 2. The molecule has 1 aliphatic rings. The molecule has 0 aromatic carbocycles. The van der Waals surface area contributed by atoms with Crippen LogP contribution in [0.2, 0.25) is 0 Å². The van der Waals surface area contributed by atoms with Crippen LogP contribution in [0.4, 0.5) is 17.3 Å². The number of rotatable bonds is 9. The van der Waals surface area contributed by atoms with Gasteiger partial charge < -0.3 is 15.0 Å². The Balaban J connectivity index is 2.25. The molecular formula is C15H19N7O3. The minimum Gasteiger partial charge on any atom is -0.376 e. The van der Waals surface area contributed by atoms with Crippen molar-refractivity contribution in [3.05, 3.63) is 16.4 Å². The highest BCUT2D eigenvalue weighted by molar-refractivity contribution is 5.70. The quantitative estimate of drug-likeness (QED) is 0.521. The van der Waals surface area contributed by atoms with Crippen molar-refractivity contribution in [1.29, 1.82) is 10.5 Å². The van der Waals surface area contributed by atoms with Crippen LogP contribution in [0.5, 0.6) is 0 Å². The van der Waals surface area contributed by atoms with Crippen molar-refractivity contribution < 1.29 is 9.66 Å². The normalized spacial score (nSPS) is 16.0. The van der Waals surface area contributed by atoms with E-state index in [0.717, 1.165) is 12.8 Å². The summed E-state index contributed by atoms with van der Waals surface area (Å²) in [6.07, 6.45) is 3.46. The second-order valence-electron chi connectivity index (χ2n) is 5.47. The number of nitrogens with zero attached hydrogens (tertiary/aromatic N) is 6. The third-order valence-corrected chi connectivity index (χ3v) is 3.79. The van der Waals surface area contributed by atoms with Crippen LogP contribution in [0.15, 0.2) is 6.33 Å². The first-order valence-electron chi connectivity index (χ1n) is 8.01. The molecule has 1 N–H and O–H groups in total. The standard InChI is InChI=1S/C15H19N7O3/c16-5-2-7-21(8-3-6-17)15-13(22(23)24)14(19-11-20-15)18-10-12-4-1-9-25-12/h11-12H,1-4,7-10H2,(H,18,19,20). The molecule has 0 aliphatic carbocycles. The maximum atomic E-state index is 11.6. The zero-order chi connectivity index (χ0) is 18.1. The minimum absolute atomic E-state index is 0.00583. The van der Waals surface area contributed by atoms with Gasteiger partial charge in [-0.25, -0.2) is 9.97 Å². The third kappa shape index (κ3) is 4.99. The molecule has 1 fully saturated rings. The molecule has 10 heteroatoms. The van der Waals surface area contributed by atoms with Crippen LogP contribution in [0.1, 0.15) is 25.7 Å². The van der Waals surface area contributed by atoms with Gasteiger partial charge in [0.25, 0.3) is 0 Å². The summed E-state index contributed by atoms with van der Waals surface area (Å²) in [5.41, 5.74) is -0.253. The summed E-state index contributed by atoms with van der Waals surface area (Å²) in [7, 11) is 0. The van der Waals surface area contributed by atoms with Gasteiger partial charge in [0.2, 0.25) is 11.6 Å². The average molecular weight is 345 g/mol. The molecule has 10 nitrogen and oxygen atoms in total.